The molecule has 1 fully saturated rings. The van der Waals surface area contributed by atoms with Gasteiger partial charge in [0.1, 0.15) is 6.54 Å². The van der Waals surface area contributed by atoms with E-state index in [-0.39, 0.29) is 17.9 Å². The number of rotatable bonds is 13. The highest BCUT2D eigenvalue weighted by Crippen LogP contribution is 2.38. The molecule has 0 saturated carbocycles. The fraction of sp³-hybridized carbons (Fsp3) is 0.682. The summed E-state index contributed by atoms with van der Waals surface area (Å²) in [5, 5.41) is 12.3. The Labute approximate surface area is 189 Å². The normalized spacial score (nSPS) is 15.4. The van der Waals surface area contributed by atoms with Gasteiger partial charge >= 0.3 is 0 Å². The highest BCUT2D eigenvalue weighted by molar-refractivity contribution is 8.76. The number of piperazine rings is 1. The largest absolute Gasteiger partial charge is 0.390 e. The molecule has 168 valence electrons. The van der Waals surface area contributed by atoms with Crippen LogP contribution in [-0.4, -0.2) is 63.6 Å². The van der Waals surface area contributed by atoms with E-state index in [1.165, 1.54) is 5.70 Å². The van der Waals surface area contributed by atoms with E-state index in [4.69, 9.17) is 0 Å². The fourth-order valence-corrected chi connectivity index (χ4v) is 6.00. The number of aryl methyl sites for hydroxylation is 1. The molecule has 0 radical (unpaired) electrons. The van der Waals surface area contributed by atoms with Crippen LogP contribution in [0.3, 0.4) is 0 Å². The van der Waals surface area contributed by atoms with Gasteiger partial charge in [0.25, 0.3) is 0 Å². The van der Waals surface area contributed by atoms with Crippen LogP contribution in [0.1, 0.15) is 50.1 Å². The van der Waals surface area contributed by atoms with Gasteiger partial charge < -0.3 is 10.0 Å². The lowest BCUT2D eigenvalue weighted by Crippen LogP contribution is -2.46. The van der Waals surface area contributed by atoms with Crippen molar-refractivity contribution in [2.24, 2.45) is 5.18 Å². The molecule has 0 aromatic carbocycles. The van der Waals surface area contributed by atoms with E-state index in [2.05, 4.69) is 46.6 Å². The number of nitroso groups, excluding NO2 is 1. The van der Waals surface area contributed by atoms with Gasteiger partial charge in [-0.3, -0.25) is 9.88 Å². The van der Waals surface area contributed by atoms with Crippen molar-refractivity contribution in [3.05, 3.63) is 46.3 Å². The molecule has 0 unspecified atom stereocenters. The Morgan fingerprint density at radius 3 is 2.60 bits per heavy atom. The summed E-state index contributed by atoms with van der Waals surface area (Å²) in [7, 11) is 3.79. The van der Waals surface area contributed by atoms with E-state index in [1.807, 2.05) is 33.7 Å². The van der Waals surface area contributed by atoms with Crippen molar-refractivity contribution in [3.63, 3.8) is 0 Å². The molecule has 30 heavy (non-hydrogen) atoms. The molecular formula is C22H36N4O2S2. The Morgan fingerprint density at radius 2 is 1.97 bits per heavy atom. The lowest BCUT2D eigenvalue weighted by Gasteiger charge is -2.37. The van der Waals surface area contributed by atoms with E-state index in [9.17, 15) is 10.0 Å². The van der Waals surface area contributed by atoms with Crippen LogP contribution < -0.4 is 0 Å². The summed E-state index contributed by atoms with van der Waals surface area (Å²) in [5.74, 6) is 0. The summed E-state index contributed by atoms with van der Waals surface area (Å²) in [4.78, 5) is 19.7. The maximum atomic E-state index is 10.5. The molecule has 1 aliphatic heterocycles. The fourth-order valence-electron chi connectivity index (χ4n) is 3.76. The predicted octanol–water partition coefficient (Wildman–Crippen LogP) is 4.47. The first-order valence-corrected chi connectivity index (χ1v) is 13.2. The molecule has 1 aromatic heterocycles. The van der Waals surface area contributed by atoms with Crippen LogP contribution in [0.25, 0.3) is 0 Å². The van der Waals surface area contributed by atoms with E-state index < -0.39 is 0 Å². The molecule has 0 bridgehead atoms. The minimum absolute atomic E-state index is 0.0554. The second-order valence-electron chi connectivity index (χ2n) is 8.41. The maximum Gasteiger partial charge on any atom is 0.123 e. The van der Waals surface area contributed by atoms with Crippen molar-refractivity contribution in [1.82, 2.24) is 14.8 Å². The third-order valence-electron chi connectivity index (χ3n) is 5.46. The zero-order valence-corrected chi connectivity index (χ0v) is 20.2. The van der Waals surface area contributed by atoms with Crippen molar-refractivity contribution in [3.8, 4) is 0 Å². The molecular weight excluding hydrogens is 416 g/mol. The SMILES string of the molecule is C=C(CCC(C)(C)SSC)N1CCN(CCCc2cc(CO)nc(CN=O)c2)CC1. The molecule has 0 aliphatic carbocycles. The number of nitrogens with zero attached hydrogens (tertiary/aromatic N) is 4. The first kappa shape index (κ1) is 25.2. The van der Waals surface area contributed by atoms with Gasteiger partial charge in [-0.15, -0.1) is 0 Å². The molecule has 1 saturated heterocycles. The zero-order valence-electron chi connectivity index (χ0n) is 18.6. The van der Waals surface area contributed by atoms with E-state index in [0.29, 0.717) is 11.4 Å². The molecule has 8 heteroatoms. The first-order valence-electron chi connectivity index (χ1n) is 10.6. The van der Waals surface area contributed by atoms with Crippen molar-refractivity contribution >= 4 is 21.6 Å². The Morgan fingerprint density at radius 1 is 1.27 bits per heavy atom. The van der Waals surface area contributed by atoms with Crippen molar-refractivity contribution in [1.29, 1.82) is 0 Å². The highest BCUT2D eigenvalue weighted by atomic mass is 33.1. The van der Waals surface area contributed by atoms with Crippen LogP contribution in [0.2, 0.25) is 0 Å². The Balaban J connectivity index is 1.72. The third-order valence-corrected chi connectivity index (χ3v) is 8.14. The topological polar surface area (TPSA) is 69.0 Å². The van der Waals surface area contributed by atoms with E-state index in [1.54, 1.807) is 0 Å². The summed E-state index contributed by atoms with van der Waals surface area (Å²) in [6.45, 7) is 14.2. The van der Waals surface area contributed by atoms with Gasteiger partial charge in [0.15, 0.2) is 0 Å². The predicted molar refractivity (Wildman–Crippen MR) is 130 cm³/mol. The summed E-state index contributed by atoms with van der Waals surface area (Å²) < 4.78 is 0.286. The van der Waals surface area contributed by atoms with Gasteiger partial charge in [-0.05, 0) is 70.0 Å². The zero-order chi connectivity index (χ0) is 22.0. The number of hydrogen-bond acceptors (Lipinski definition) is 8. The van der Waals surface area contributed by atoms with Crippen LogP contribution in [0.4, 0.5) is 0 Å². The number of aromatic nitrogens is 1. The van der Waals surface area contributed by atoms with Crippen LogP contribution in [0.15, 0.2) is 29.6 Å². The number of hydrogen-bond donors (Lipinski definition) is 1. The van der Waals surface area contributed by atoms with Crippen LogP contribution in [-0.2, 0) is 19.6 Å². The lowest BCUT2D eigenvalue weighted by atomic mass is 10.0. The number of aliphatic hydroxyl groups excluding tert-OH is 1. The second-order valence-corrected chi connectivity index (χ2v) is 11.5. The molecule has 1 aromatic rings. The molecule has 2 heterocycles. The molecule has 2 rings (SSSR count). The Bertz CT molecular complexity index is 692. The number of allylic oxidation sites excluding steroid dienone is 1. The van der Waals surface area contributed by atoms with Crippen molar-refractivity contribution in [2.75, 3.05) is 39.0 Å². The first-order chi connectivity index (χ1) is 14.4. The van der Waals surface area contributed by atoms with Gasteiger partial charge in [-0.25, -0.2) is 0 Å². The van der Waals surface area contributed by atoms with Gasteiger partial charge in [0.05, 0.1) is 18.0 Å². The van der Waals surface area contributed by atoms with Gasteiger partial charge in [0.2, 0.25) is 0 Å². The van der Waals surface area contributed by atoms with E-state index >= 15 is 0 Å². The molecule has 0 amide bonds. The summed E-state index contributed by atoms with van der Waals surface area (Å²) in [5.41, 5.74) is 3.63. The van der Waals surface area contributed by atoms with Gasteiger partial charge in [-0.2, -0.15) is 4.91 Å². The number of aliphatic hydroxyl groups is 1. The van der Waals surface area contributed by atoms with Crippen molar-refractivity contribution < 1.29 is 5.11 Å². The van der Waals surface area contributed by atoms with Crippen LogP contribution >= 0.6 is 21.6 Å². The third kappa shape index (κ3) is 8.57. The average Bonchev–Trinajstić information content (AvgIpc) is 2.72. The smallest absolute Gasteiger partial charge is 0.123 e. The second kappa shape index (κ2) is 12.7. The summed E-state index contributed by atoms with van der Waals surface area (Å²) >= 11 is 0. The average molecular weight is 453 g/mol. The maximum absolute atomic E-state index is 10.5. The standard InChI is InChI=1S/C22H36N4O2S2/c1-18(7-8-22(2,3)30-29-4)26-12-10-25(11-13-26)9-5-6-19-14-20(16-23-28)24-21(15-19)17-27/h14-15,27H,1,5-13,16-17H2,2-4H3. The molecule has 1 aliphatic rings. The molecule has 1 N–H and O–H groups in total. The monoisotopic (exact) mass is 452 g/mol. The minimum atomic E-state index is -0.112. The highest BCUT2D eigenvalue weighted by Gasteiger charge is 2.22. The van der Waals surface area contributed by atoms with Crippen LogP contribution in [0, 0.1) is 4.91 Å². The molecule has 6 nitrogen and oxygen atoms in total. The Kier molecular flexibility index (Phi) is 10.6. The quantitative estimate of drug-likeness (QED) is 0.350. The summed E-state index contributed by atoms with van der Waals surface area (Å²) in [6.07, 6.45) is 6.32. The number of pyridine rings is 1. The van der Waals surface area contributed by atoms with Gasteiger partial charge in [0, 0.05) is 36.6 Å². The van der Waals surface area contributed by atoms with Crippen LogP contribution in [0.5, 0.6) is 0 Å². The molecule has 0 atom stereocenters. The van der Waals surface area contributed by atoms with Gasteiger partial charge in [-0.1, -0.05) is 33.3 Å². The lowest BCUT2D eigenvalue weighted by molar-refractivity contribution is 0.154. The molecule has 0 spiro atoms. The summed E-state index contributed by atoms with van der Waals surface area (Å²) in [6, 6.07) is 3.85. The van der Waals surface area contributed by atoms with E-state index in [0.717, 1.165) is 64.0 Å². The van der Waals surface area contributed by atoms with Crippen molar-refractivity contribution in [2.45, 2.75) is 57.4 Å². The Hall–Kier alpha value is -1.09. The minimum Gasteiger partial charge on any atom is -0.390 e.